The van der Waals surface area contributed by atoms with Crippen LogP contribution >= 0.6 is 0 Å². The molecule has 1 aromatic carbocycles. The minimum absolute atomic E-state index is 0.0211. The van der Waals surface area contributed by atoms with Gasteiger partial charge in [0, 0.05) is 37.9 Å². The van der Waals surface area contributed by atoms with Crippen molar-refractivity contribution in [3.8, 4) is 0 Å². The van der Waals surface area contributed by atoms with E-state index in [9.17, 15) is 9.59 Å². The van der Waals surface area contributed by atoms with Crippen molar-refractivity contribution in [1.82, 2.24) is 20.2 Å². The van der Waals surface area contributed by atoms with Gasteiger partial charge in [0.1, 0.15) is 5.82 Å². The molecule has 2 aromatic rings. The largest absolute Gasteiger partial charge is 0.353 e. The van der Waals surface area contributed by atoms with Crippen molar-refractivity contribution in [2.24, 2.45) is 0 Å². The van der Waals surface area contributed by atoms with Crippen molar-refractivity contribution < 1.29 is 9.59 Å². The first-order valence-electron chi connectivity index (χ1n) is 10.6. The van der Waals surface area contributed by atoms with E-state index in [0.717, 1.165) is 55.6 Å². The topological polar surface area (TPSA) is 78.1 Å². The maximum Gasteiger partial charge on any atom is 0.223 e. The van der Waals surface area contributed by atoms with Crippen LogP contribution in [-0.4, -0.2) is 45.8 Å². The van der Waals surface area contributed by atoms with Gasteiger partial charge in [-0.25, -0.2) is 4.98 Å². The molecule has 6 heteroatoms. The molecule has 2 fully saturated rings. The molecule has 1 aliphatic carbocycles. The predicted molar refractivity (Wildman–Crippen MR) is 109 cm³/mol. The van der Waals surface area contributed by atoms with Gasteiger partial charge in [0.15, 0.2) is 0 Å². The van der Waals surface area contributed by atoms with Crippen molar-refractivity contribution in [2.45, 2.75) is 70.3 Å². The van der Waals surface area contributed by atoms with E-state index < -0.39 is 0 Å². The number of rotatable bonds is 5. The maximum absolute atomic E-state index is 12.5. The van der Waals surface area contributed by atoms with E-state index in [2.05, 4.69) is 29.4 Å². The van der Waals surface area contributed by atoms with Crippen LogP contribution in [0.25, 0.3) is 11.0 Å². The third kappa shape index (κ3) is 4.21. The van der Waals surface area contributed by atoms with Gasteiger partial charge in [-0.05, 0) is 44.2 Å². The Morgan fingerprint density at radius 3 is 2.61 bits per heavy atom. The molecule has 2 heterocycles. The van der Waals surface area contributed by atoms with Crippen LogP contribution in [0.5, 0.6) is 0 Å². The zero-order valence-corrected chi connectivity index (χ0v) is 16.7. The number of amides is 2. The highest BCUT2D eigenvalue weighted by Gasteiger charge is 2.26. The molecular weight excluding hydrogens is 352 g/mol. The Labute approximate surface area is 166 Å². The number of benzene rings is 1. The fourth-order valence-corrected chi connectivity index (χ4v) is 4.54. The van der Waals surface area contributed by atoms with E-state index in [1.54, 1.807) is 0 Å². The van der Waals surface area contributed by atoms with Gasteiger partial charge in [-0.15, -0.1) is 0 Å². The van der Waals surface area contributed by atoms with Crippen LogP contribution in [0.1, 0.15) is 68.7 Å². The van der Waals surface area contributed by atoms with E-state index in [1.807, 2.05) is 11.0 Å². The highest BCUT2D eigenvalue weighted by atomic mass is 16.2. The zero-order valence-electron chi connectivity index (χ0n) is 16.7. The molecule has 4 rings (SSSR count). The lowest BCUT2D eigenvalue weighted by atomic mass is 9.96. The van der Waals surface area contributed by atoms with Crippen molar-refractivity contribution in [3.05, 3.63) is 29.6 Å². The summed E-state index contributed by atoms with van der Waals surface area (Å²) in [5.41, 5.74) is 3.31. The Kier molecular flexibility index (Phi) is 5.64. The number of H-pyrrole nitrogens is 1. The molecule has 1 aromatic heterocycles. The first-order valence-corrected chi connectivity index (χ1v) is 10.6. The number of hydrogen-bond acceptors (Lipinski definition) is 3. The summed E-state index contributed by atoms with van der Waals surface area (Å²) in [6.45, 7) is 3.56. The number of aryl methyl sites for hydroxylation is 1. The smallest absolute Gasteiger partial charge is 0.223 e. The molecule has 1 aliphatic heterocycles. The van der Waals surface area contributed by atoms with Crippen LogP contribution in [-0.2, 0) is 9.59 Å². The summed E-state index contributed by atoms with van der Waals surface area (Å²) in [5, 5.41) is 3.06. The molecule has 6 nitrogen and oxygen atoms in total. The van der Waals surface area contributed by atoms with E-state index in [0.29, 0.717) is 24.8 Å². The van der Waals surface area contributed by atoms with Gasteiger partial charge in [-0.1, -0.05) is 25.0 Å². The molecular formula is C22H30N4O2. The SMILES string of the molecule is Cc1cccc2[nH]c(C3CCN(C(=O)CCC(=O)NC4CCCC4)CC3)nc12. The Hall–Kier alpha value is -2.37. The third-order valence-electron chi connectivity index (χ3n) is 6.25. The van der Waals surface area contributed by atoms with Gasteiger partial charge in [0.2, 0.25) is 11.8 Å². The van der Waals surface area contributed by atoms with Crippen LogP contribution in [0.2, 0.25) is 0 Å². The first-order chi connectivity index (χ1) is 13.6. The fraction of sp³-hybridized carbons (Fsp3) is 0.591. The normalized spacial score (nSPS) is 18.7. The second kappa shape index (κ2) is 8.33. The number of fused-ring (bicyclic) bond motifs is 1. The number of imidazole rings is 1. The molecule has 0 unspecified atom stereocenters. The van der Waals surface area contributed by atoms with Gasteiger partial charge in [-0.3, -0.25) is 9.59 Å². The summed E-state index contributed by atoms with van der Waals surface area (Å²) in [5.74, 6) is 1.52. The van der Waals surface area contributed by atoms with Crippen LogP contribution < -0.4 is 5.32 Å². The van der Waals surface area contributed by atoms with Gasteiger partial charge in [0.25, 0.3) is 0 Å². The maximum atomic E-state index is 12.5. The summed E-state index contributed by atoms with van der Waals surface area (Å²) < 4.78 is 0. The highest BCUT2D eigenvalue weighted by Crippen LogP contribution is 2.29. The lowest BCUT2D eigenvalue weighted by Gasteiger charge is -2.31. The fourth-order valence-electron chi connectivity index (χ4n) is 4.54. The number of aromatic amines is 1. The van der Waals surface area contributed by atoms with Crippen LogP contribution in [0.3, 0.4) is 0 Å². The first kappa shape index (κ1) is 19.0. The summed E-state index contributed by atoms with van der Waals surface area (Å²) in [7, 11) is 0. The van der Waals surface area contributed by atoms with Gasteiger partial charge in [-0.2, -0.15) is 0 Å². The molecule has 0 bridgehead atoms. The number of nitrogens with one attached hydrogen (secondary N) is 2. The van der Waals surface area contributed by atoms with E-state index >= 15 is 0 Å². The third-order valence-corrected chi connectivity index (χ3v) is 6.25. The Bertz CT molecular complexity index is 845. The molecule has 2 N–H and O–H groups in total. The highest BCUT2D eigenvalue weighted by molar-refractivity contribution is 5.84. The summed E-state index contributed by atoms with van der Waals surface area (Å²) >= 11 is 0. The standard InChI is InChI=1S/C22H30N4O2/c1-15-5-4-8-18-21(15)25-22(24-18)16-11-13-26(14-12-16)20(28)10-9-19(27)23-17-6-2-3-7-17/h4-5,8,16-17H,2-3,6-7,9-14H2,1H3,(H,23,27)(H,24,25). The van der Waals surface area contributed by atoms with E-state index in [4.69, 9.17) is 4.98 Å². The van der Waals surface area contributed by atoms with E-state index in [-0.39, 0.29) is 11.8 Å². The number of para-hydroxylation sites is 1. The number of hydrogen-bond donors (Lipinski definition) is 2. The molecule has 2 amide bonds. The number of likely N-dealkylation sites (tertiary alicyclic amines) is 1. The van der Waals surface area contributed by atoms with Crippen molar-refractivity contribution in [2.75, 3.05) is 13.1 Å². The molecule has 0 atom stereocenters. The second-order valence-corrected chi connectivity index (χ2v) is 8.30. The molecule has 0 radical (unpaired) electrons. The number of carbonyl (C=O) groups excluding carboxylic acids is 2. The number of piperidine rings is 1. The molecule has 0 spiro atoms. The van der Waals surface area contributed by atoms with Crippen molar-refractivity contribution in [3.63, 3.8) is 0 Å². The van der Waals surface area contributed by atoms with Crippen LogP contribution in [0.15, 0.2) is 18.2 Å². The van der Waals surface area contributed by atoms with Gasteiger partial charge < -0.3 is 15.2 Å². The van der Waals surface area contributed by atoms with Crippen molar-refractivity contribution >= 4 is 22.8 Å². The van der Waals surface area contributed by atoms with Crippen LogP contribution in [0, 0.1) is 6.92 Å². The summed E-state index contributed by atoms with van der Waals surface area (Å²) in [6.07, 6.45) is 7.00. The van der Waals surface area contributed by atoms with Gasteiger partial charge >= 0.3 is 0 Å². The lowest BCUT2D eigenvalue weighted by molar-refractivity contribution is -0.134. The van der Waals surface area contributed by atoms with Crippen molar-refractivity contribution in [1.29, 1.82) is 0 Å². The Morgan fingerprint density at radius 1 is 1.14 bits per heavy atom. The second-order valence-electron chi connectivity index (χ2n) is 8.30. The van der Waals surface area contributed by atoms with E-state index in [1.165, 1.54) is 18.4 Å². The molecule has 150 valence electrons. The summed E-state index contributed by atoms with van der Waals surface area (Å²) in [4.78, 5) is 34.7. The minimum Gasteiger partial charge on any atom is -0.353 e. The predicted octanol–water partition coefficient (Wildman–Crippen LogP) is 3.42. The average Bonchev–Trinajstić information content (AvgIpc) is 3.36. The molecule has 2 aliphatic rings. The summed E-state index contributed by atoms with van der Waals surface area (Å²) in [6, 6.07) is 6.51. The minimum atomic E-state index is 0.0211. The molecule has 1 saturated carbocycles. The number of aromatic nitrogens is 2. The number of nitrogens with zero attached hydrogens (tertiary/aromatic N) is 2. The van der Waals surface area contributed by atoms with Crippen LogP contribution in [0.4, 0.5) is 0 Å². The van der Waals surface area contributed by atoms with Gasteiger partial charge in [0.05, 0.1) is 11.0 Å². The molecule has 28 heavy (non-hydrogen) atoms. The molecule has 1 saturated heterocycles. The lowest BCUT2D eigenvalue weighted by Crippen LogP contribution is -2.39. The zero-order chi connectivity index (χ0) is 19.5. The number of carbonyl (C=O) groups is 2. The Balaban J connectivity index is 1.25. The Morgan fingerprint density at radius 2 is 1.89 bits per heavy atom. The monoisotopic (exact) mass is 382 g/mol. The quantitative estimate of drug-likeness (QED) is 0.832. The average molecular weight is 383 g/mol.